The Bertz CT molecular complexity index is 146. The first-order valence-corrected chi connectivity index (χ1v) is 6.65. The second-order valence-electron chi connectivity index (χ2n) is 0.702. The number of hydrogen-bond donors (Lipinski definition) is 0. The second-order valence-corrected chi connectivity index (χ2v) is 8.09. The molecule has 0 saturated heterocycles. The number of nitrogens with zero attached hydrogens (tertiary/aromatic N) is 2. The summed E-state index contributed by atoms with van der Waals surface area (Å²) < 4.78 is -2.51. The zero-order valence-corrected chi connectivity index (χ0v) is 14.9. The molecule has 60 valence electrons. The molecule has 0 amide bonds. The van der Waals surface area contributed by atoms with Crippen molar-refractivity contribution < 1.29 is 124 Å². The van der Waals surface area contributed by atoms with Gasteiger partial charge in [-0.1, -0.05) is 0 Å². The SMILES string of the molecule is O=[N+]([O-])[Pd-2]([Cl])([Cl])[N+](=O)[O-].[K+].[K+]. The van der Waals surface area contributed by atoms with Gasteiger partial charge in [0.05, 0.1) is 0 Å². The molecule has 0 heterocycles. The van der Waals surface area contributed by atoms with Crippen molar-refractivity contribution in [3.8, 4) is 0 Å². The van der Waals surface area contributed by atoms with Gasteiger partial charge in [0.15, 0.2) is 0 Å². The van der Waals surface area contributed by atoms with Gasteiger partial charge in [-0.05, 0) is 0 Å². The molecule has 0 N–H and O–H groups in total. The minimum absolute atomic E-state index is 0. The zero-order valence-electron chi connectivity index (χ0n) is 5.60. The number of nitro groups is 2. The van der Waals surface area contributed by atoms with Crippen LogP contribution in [0.5, 0.6) is 0 Å². The van der Waals surface area contributed by atoms with Crippen LogP contribution < -0.4 is 103 Å². The van der Waals surface area contributed by atoms with Gasteiger partial charge in [-0.25, -0.2) is 0 Å². The van der Waals surface area contributed by atoms with Gasteiger partial charge < -0.3 is 0 Å². The molecule has 0 aliphatic carbocycles. The molecule has 0 bridgehead atoms. The summed E-state index contributed by atoms with van der Waals surface area (Å²) >= 11 is -4.58. The van der Waals surface area contributed by atoms with Crippen molar-refractivity contribution in [3.63, 3.8) is 0 Å². The van der Waals surface area contributed by atoms with Crippen LogP contribution in [-0.2, 0) is 14.0 Å². The van der Waals surface area contributed by atoms with Crippen LogP contribution in [0.25, 0.3) is 0 Å². The van der Waals surface area contributed by atoms with Crippen molar-refractivity contribution >= 4 is 19.1 Å². The van der Waals surface area contributed by atoms with E-state index in [1.54, 1.807) is 0 Å². The van der Waals surface area contributed by atoms with Gasteiger partial charge in [-0.15, -0.1) is 0 Å². The van der Waals surface area contributed by atoms with Crippen molar-refractivity contribution in [1.29, 1.82) is 0 Å². The van der Waals surface area contributed by atoms with Crippen LogP contribution in [0.15, 0.2) is 0 Å². The average molecular weight is 348 g/mol. The van der Waals surface area contributed by atoms with Crippen molar-refractivity contribution in [2.75, 3.05) is 0 Å². The van der Waals surface area contributed by atoms with Gasteiger partial charge in [-0.3, -0.25) is 0 Å². The van der Waals surface area contributed by atoms with Crippen molar-refractivity contribution in [3.05, 3.63) is 20.2 Å². The van der Waals surface area contributed by atoms with E-state index in [0.29, 0.717) is 0 Å². The Morgan fingerprint density at radius 3 is 1.18 bits per heavy atom. The smallest absolute Gasteiger partial charge is 1.00 e. The van der Waals surface area contributed by atoms with Crippen molar-refractivity contribution in [2.24, 2.45) is 0 Å². The largest absolute Gasteiger partial charge is 1.00 e. The standard InChI is InChI=1S/2ClH.2K.2NO2.Pd/c;;;;2*2-1-3;/h2*1H;;;;;/q;;2*+1;;;/p-2. The normalized spacial score (nSPS) is 10.4. The van der Waals surface area contributed by atoms with Crippen LogP contribution >= 0.6 is 19.1 Å². The minimum atomic E-state index is -4.58. The molecular weight excluding hydrogens is 348 g/mol. The number of rotatable bonds is 2. The van der Waals surface area contributed by atoms with E-state index in [0.717, 1.165) is 0 Å². The fourth-order valence-electron chi connectivity index (χ4n) is 0.0422. The third kappa shape index (κ3) is 7.27. The van der Waals surface area contributed by atoms with Crippen molar-refractivity contribution in [1.82, 2.24) is 0 Å². The monoisotopic (exact) mass is 346 g/mol. The molecule has 0 aromatic carbocycles. The molecule has 0 saturated carbocycles. The number of hydrogen-bond acceptors (Lipinski definition) is 4. The molecule has 0 unspecified atom stereocenters. The molecule has 0 fully saturated rings. The quantitative estimate of drug-likeness (QED) is 0.284. The Hall–Kier alpha value is 3.32. The van der Waals surface area contributed by atoms with E-state index in [-0.39, 0.29) is 103 Å². The van der Waals surface area contributed by atoms with Gasteiger partial charge >= 0.3 is 163 Å². The van der Waals surface area contributed by atoms with Gasteiger partial charge in [0.1, 0.15) is 0 Å². The summed E-state index contributed by atoms with van der Waals surface area (Å²) in [5.41, 5.74) is 0. The minimum Gasteiger partial charge on any atom is 1.00 e. The van der Waals surface area contributed by atoms with Crippen LogP contribution in [0.1, 0.15) is 0 Å². The molecule has 11 heteroatoms. The molecule has 0 rings (SSSR count). The van der Waals surface area contributed by atoms with Crippen LogP contribution in [0.3, 0.4) is 0 Å². The van der Waals surface area contributed by atoms with E-state index in [1.807, 2.05) is 0 Å². The maximum Gasteiger partial charge on any atom is 1.00 e. The first-order valence-electron chi connectivity index (χ1n) is 1.25. The molecule has 0 spiro atoms. The van der Waals surface area contributed by atoms with E-state index >= 15 is 0 Å². The molecule has 0 aliphatic rings. The number of halogens is 2. The molecule has 0 radical (unpaired) electrons. The van der Waals surface area contributed by atoms with E-state index in [1.165, 1.54) is 0 Å². The fraction of sp³-hybridized carbons (Fsp3) is 0. The maximum atomic E-state index is 9.63. The third-order valence-electron chi connectivity index (χ3n) is 0.278. The first kappa shape index (κ1) is 19.8. The Morgan fingerprint density at radius 2 is 1.18 bits per heavy atom. The van der Waals surface area contributed by atoms with Crippen LogP contribution in [0, 0.1) is 20.2 Å². The third-order valence-corrected chi connectivity index (χ3v) is 3.71. The summed E-state index contributed by atoms with van der Waals surface area (Å²) in [6.07, 6.45) is 0. The Morgan fingerprint density at radius 1 is 1.00 bits per heavy atom. The summed E-state index contributed by atoms with van der Waals surface area (Å²) in [6, 6.07) is 0. The summed E-state index contributed by atoms with van der Waals surface area (Å²) in [6.45, 7) is 0. The zero-order chi connectivity index (χ0) is 7.65. The Kier molecular flexibility index (Phi) is 15.5. The Labute approximate surface area is 158 Å². The van der Waals surface area contributed by atoms with Crippen LogP contribution in [0.4, 0.5) is 0 Å². The van der Waals surface area contributed by atoms with E-state index in [9.17, 15) is 20.2 Å². The Balaban J connectivity index is -0.000000320. The summed E-state index contributed by atoms with van der Waals surface area (Å²) in [5, 5.41) is 19.3. The van der Waals surface area contributed by atoms with E-state index in [2.05, 4.69) is 0 Å². The molecule has 0 aliphatic heterocycles. The molecule has 0 aromatic rings. The second kappa shape index (κ2) is 8.61. The van der Waals surface area contributed by atoms with Crippen LogP contribution in [0.2, 0.25) is 0 Å². The van der Waals surface area contributed by atoms with Gasteiger partial charge in [0, 0.05) is 0 Å². The summed E-state index contributed by atoms with van der Waals surface area (Å²) in [5.74, 6) is 0. The predicted molar refractivity (Wildman–Crippen MR) is 25.7 cm³/mol. The molecular formula is Cl2K2N2O4Pd. The van der Waals surface area contributed by atoms with E-state index in [4.69, 9.17) is 19.1 Å². The predicted octanol–water partition coefficient (Wildman–Crippen LogP) is -5.16. The van der Waals surface area contributed by atoms with Gasteiger partial charge in [0.2, 0.25) is 0 Å². The maximum absolute atomic E-state index is 9.63. The first-order chi connectivity index (χ1) is 3.89. The molecule has 0 aromatic heterocycles. The fourth-order valence-corrected chi connectivity index (χ4v) is 0.249. The molecule has 0 atom stereocenters. The molecule has 11 heavy (non-hydrogen) atoms. The molecule has 6 nitrogen and oxygen atoms in total. The van der Waals surface area contributed by atoms with Gasteiger partial charge in [0.25, 0.3) is 0 Å². The van der Waals surface area contributed by atoms with Gasteiger partial charge in [-0.2, -0.15) is 0 Å². The average Bonchev–Trinajstić information content (AvgIpc) is 1.65. The topological polar surface area (TPSA) is 86.3 Å². The van der Waals surface area contributed by atoms with E-state index < -0.39 is 21.1 Å². The summed E-state index contributed by atoms with van der Waals surface area (Å²) in [7, 11) is 9.45. The summed E-state index contributed by atoms with van der Waals surface area (Å²) in [4.78, 5) is 19.3. The van der Waals surface area contributed by atoms with Crippen LogP contribution in [-0.4, -0.2) is 7.11 Å². The van der Waals surface area contributed by atoms with Crippen molar-refractivity contribution in [2.45, 2.75) is 0 Å².